The molecule has 3 atom stereocenters. The molecule has 0 aromatic heterocycles. The van der Waals surface area contributed by atoms with Crippen LogP contribution in [0.25, 0.3) is 6.08 Å². The van der Waals surface area contributed by atoms with E-state index in [9.17, 15) is 9.59 Å². The number of benzene rings is 2. The highest BCUT2D eigenvalue weighted by Gasteiger charge is 2.31. The quantitative estimate of drug-likeness (QED) is 0.155. The van der Waals surface area contributed by atoms with Crippen LogP contribution in [0.4, 0.5) is 0 Å². The van der Waals surface area contributed by atoms with Gasteiger partial charge in [0, 0.05) is 44.3 Å². The molecule has 2 unspecified atom stereocenters. The molecule has 1 heterocycles. The fourth-order valence-electron chi connectivity index (χ4n) is 6.64. The second-order valence-corrected chi connectivity index (χ2v) is 14.4. The van der Waals surface area contributed by atoms with E-state index in [1.54, 1.807) is 11.0 Å². The first kappa shape index (κ1) is 43.5. The Bertz CT molecular complexity index is 1410. The van der Waals surface area contributed by atoms with Crippen molar-refractivity contribution in [3.05, 3.63) is 101 Å². The van der Waals surface area contributed by atoms with Crippen LogP contribution in [0.3, 0.4) is 0 Å². The highest BCUT2D eigenvalue weighted by molar-refractivity contribution is 5.88. The Morgan fingerprint density at radius 2 is 1.67 bits per heavy atom. The van der Waals surface area contributed by atoms with Gasteiger partial charge in [-0.3, -0.25) is 9.59 Å². The molecule has 0 bridgehead atoms. The van der Waals surface area contributed by atoms with Gasteiger partial charge < -0.3 is 25.8 Å². The number of likely N-dealkylation sites (N-methyl/N-ethyl adjacent to an activating group) is 2. The number of carbonyl (C=O) groups excluding carboxylic acids is 2. The fraction of sp³-hybridized carbons (Fsp3) is 0.545. The summed E-state index contributed by atoms with van der Waals surface area (Å²) in [6.45, 7) is 18.8. The van der Waals surface area contributed by atoms with Crippen LogP contribution in [0.1, 0.15) is 102 Å². The number of rotatable bonds is 18. The number of likely N-dealkylation sites (tertiary alicyclic amines) is 1. The van der Waals surface area contributed by atoms with E-state index in [4.69, 9.17) is 5.73 Å². The molecule has 2 aromatic rings. The second kappa shape index (κ2) is 22.3. The summed E-state index contributed by atoms with van der Waals surface area (Å²) >= 11 is 0. The monoisotopic (exact) mass is 700 g/mol. The number of aryl methyl sites for hydroxylation is 1. The Morgan fingerprint density at radius 1 is 1.02 bits per heavy atom. The third-order valence-electron chi connectivity index (χ3n) is 10.4. The van der Waals surface area contributed by atoms with Crippen LogP contribution in [0.5, 0.6) is 0 Å². The third-order valence-corrected chi connectivity index (χ3v) is 10.4. The number of nitrogens with one attached hydrogen (secondary N) is 1. The van der Waals surface area contributed by atoms with Gasteiger partial charge >= 0.3 is 0 Å². The number of amides is 2. The molecule has 7 nitrogen and oxygen atoms in total. The first-order valence-electron chi connectivity index (χ1n) is 19.2. The Hall–Kier alpha value is -3.68. The van der Waals surface area contributed by atoms with E-state index in [-0.39, 0.29) is 23.4 Å². The van der Waals surface area contributed by atoms with Crippen molar-refractivity contribution in [1.29, 1.82) is 0 Å². The molecule has 1 saturated heterocycles. The van der Waals surface area contributed by atoms with Crippen LogP contribution in [-0.2, 0) is 22.4 Å². The van der Waals surface area contributed by atoms with Crippen molar-refractivity contribution in [3.8, 4) is 0 Å². The van der Waals surface area contributed by atoms with Crippen LogP contribution in [-0.4, -0.2) is 84.4 Å². The van der Waals surface area contributed by atoms with Crippen molar-refractivity contribution >= 4 is 17.9 Å². The van der Waals surface area contributed by atoms with Crippen LogP contribution >= 0.6 is 0 Å². The minimum absolute atomic E-state index is 0.0271. The third kappa shape index (κ3) is 13.8. The number of carbonyl (C=O) groups is 2. The maximum atomic E-state index is 14.0. The summed E-state index contributed by atoms with van der Waals surface area (Å²) in [6, 6.07) is 16.2. The highest BCUT2D eigenvalue weighted by Crippen LogP contribution is 2.24. The molecule has 2 amide bonds. The minimum atomic E-state index is -0.492. The van der Waals surface area contributed by atoms with E-state index in [1.807, 2.05) is 56.3 Å². The lowest BCUT2D eigenvalue weighted by molar-refractivity contribution is -0.126. The molecular formula is C44H69N5O2. The van der Waals surface area contributed by atoms with Gasteiger partial charge in [0.05, 0.1) is 6.04 Å². The van der Waals surface area contributed by atoms with Crippen molar-refractivity contribution in [2.24, 2.45) is 5.73 Å². The van der Waals surface area contributed by atoms with Gasteiger partial charge in [0.25, 0.3) is 0 Å². The van der Waals surface area contributed by atoms with Gasteiger partial charge in [-0.1, -0.05) is 107 Å². The molecule has 51 heavy (non-hydrogen) atoms. The van der Waals surface area contributed by atoms with Crippen molar-refractivity contribution in [1.82, 2.24) is 20.0 Å². The molecule has 1 aliphatic heterocycles. The minimum Gasteiger partial charge on any atom is -0.365 e. The molecule has 2 aromatic carbocycles. The van der Waals surface area contributed by atoms with Crippen molar-refractivity contribution in [2.75, 3.05) is 34.2 Å². The van der Waals surface area contributed by atoms with Gasteiger partial charge in [-0.25, -0.2) is 0 Å². The summed E-state index contributed by atoms with van der Waals surface area (Å²) < 4.78 is 0. The van der Waals surface area contributed by atoms with Gasteiger partial charge in [-0.15, -0.1) is 0 Å². The lowest BCUT2D eigenvalue weighted by atomic mass is 9.90. The molecule has 1 fully saturated rings. The number of allylic oxidation sites excluding steroid dienone is 1. The van der Waals surface area contributed by atoms with Crippen molar-refractivity contribution in [2.45, 2.75) is 123 Å². The molecule has 282 valence electrons. The summed E-state index contributed by atoms with van der Waals surface area (Å²) in [5.41, 5.74) is 11.4. The van der Waals surface area contributed by atoms with Gasteiger partial charge in [0.15, 0.2) is 0 Å². The Morgan fingerprint density at radius 3 is 2.24 bits per heavy atom. The van der Waals surface area contributed by atoms with Crippen molar-refractivity contribution < 1.29 is 9.59 Å². The molecule has 0 spiro atoms. The summed E-state index contributed by atoms with van der Waals surface area (Å²) in [5.74, 6) is -0.142. The average Bonchev–Trinajstić information content (AvgIpc) is 3.54. The Balaban J connectivity index is 0.00000290. The predicted molar refractivity (Wildman–Crippen MR) is 217 cm³/mol. The maximum Gasteiger partial charge on any atom is 0.246 e. The Labute approximate surface area is 311 Å². The van der Waals surface area contributed by atoms with Crippen LogP contribution < -0.4 is 11.1 Å². The first-order chi connectivity index (χ1) is 24.3. The summed E-state index contributed by atoms with van der Waals surface area (Å²) in [7, 11) is 5.93. The SMILES string of the molecule is C=C([C@@H](Cc1ccc(/C=C\C)c(C)c1)N(C)C(=O)/C=C/CC(N)(CC)CC)N(C)C(Cc1ccccc1)C(=O)NCCC1CCCN1C.CCC. The van der Waals surface area contributed by atoms with Gasteiger partial charge in [-0.05, 0) is 101 Å². The molecule has 0 aliphatic carbocycles. The summed E-state index contributed by atoms with van der Waals surface area (Å²) in [5, 5.41) is 3.25. The second-order valence-electron chi connectivity index (χ2n) is 14.4. The molecule has 0 radical (unpaired) electrons. The van der Waals surface area contributed by atoms with E-state index in [1.165, 1.54) is 30.4 Å². The predicted octanol–water partition coefficient (Wildman–Crippen LogP) is 7.94. The Kier molecular flexibility index (Phi) is 19.0. The van der Waals surface area contributed by atoms with Crippen molar-refractivity contribution in [3.63, 3.8) is 0 Å². The number of nitrogens with zero attached hydrogens (tertiary/aromatic N) is 3. The van der Waals surface area contributed by atoms with E-state index < -0.39 is 6.04 Å². The van der Waals surface area contributed by atoms with Crippen LogP contribution in [0.15, 0.2) is 79.0 Å². The highest BCUT2D eigenvalue weighted by atomic mass is 16.2. The zero-order chi connectivity index (χ0) is 38.0. The van der Waals surface area contributed by atoms with Crippen LogP contribution in [0, 0.1) is 6.92 Å². The normalized spacial score (nSPS) is 16.1. The maximum absolute atomic E-state index is 14.0. The average molecular weight is 700 g/mol. The van der Waals surface area contributed by atoms with Gasteiger partial charge in [0.1, 0.15) is 6.04 Å². The lowest BCUT2D eigenvalue weighted by Gasteiger charge is -2.38. The van der Waals surface area contributed by atoms with E-state index in [0.29, 0.717) is 31.8 Å². The zero-order valence-electron chi connectivity index (χ0n) is 33.4. The van der Waals surface area contributed by atoms with E-state index in [2.05, 4.69) is 94.9 Å². The molecule has 3 rings (SSSR count). The molecule has 7 heteroatoms. The lowest BCUT2D eigenvalue weighted by Crippen LogP contribution is -2.51. The number of hydrogen-bond acceptors (Lipinski definition) is 5. The van der Waals surface area contributed by atoms with Crippen LogP contribution in [0.2, 0.25) is 0 Å². The molecule has 3 N–H and O–H groups in total. The van der Waals surface area contributed by atoms with Gasteiger partial charge in [-0.2, -0.15) is 0 Å². The summed E-state index contributed by atoms with van der Waals surface area (Å²) in [6.07, 6.45) is 15.6. The molecule has 0 saturated carbocycles. The molecule has 1 aliphatic rings. The molecular weight excluding hydrogens is 631 g/mol. The smallest absolute Gasteiger partial charge is 0.246 e. The first-order valence-corrected chi connectivity index (χ1v) is 19.2. The fourth-order valence-corrected chi connectivity index (χ4v) is 6.64. The summed E-state index contributed by atoms with van der Waals surface area (Å²) in [4.78, 5) is 33.8. The zero-order valence-corrected chi connectivity index (χ0v) is 33.4. The number of nitrogens with two attached hydrogens (primary N) is 1. The standard InChI is InChI=1S/C41H61N5O2.C3H8/c1-9-17-35-23-22-34(28-31(35)4)30-37(46(8)39(47)21-15-25-41(42,10-2)11-3)32(5)45(7)38(29-33-18-13-12-14-19-33)40(48)43-26-24-36-20-16-27-44(36)6;1-3-2/h9,12-15,17-19,21-23,28,36-38H,5,10-11,16,20,24-27,29-30,42H2,1-4,6-8H3,(H,43,48);3H2,1-2H3/b17-9-,21-15+;/t36?,37-,38?;/m1./s1. The van der Waals surface area contributed by atoms with Gasteiger partial charge in [0.2, 0.25) is 11.8 Å². The topological polar surface area (TPSA) is 81.9 Å². The largest absolute Gasteiger partial charge is 0.365 e. The van der Waals surface area contributed by atoms with E-state index in [0.717, 1.165) is 42.6 Å². The number of hydrogen-bond donors (Lipinski definition) is 2. The van der Waals surface area contributed by atoms with E-state index >= 15 is 0 Å².